The number of ether oxygens (including phenoxy) is 1. The smallest absolute Gasteiger partial charge is 0.251 e. The zero-order valence-corrected chi connectivity index (χ0v) is 17.6. The van der Waals surface area contributed by atoms with E-state index in [1.54, 1.807) is 6.07 Å². The lowest BCUT2D eigenvalue weighted by Crippen LogP contribution is -2.39. The third kappa shape index (κ3) is 5.46. The second-order valence-corrected chi connectivity index (χ2v) is 9.43. The molecule has 0 unspecified atom stereocenters. The van der Waals surface area contributed by atoms with Crippen molar-refractivity contribution in [1.29, 1.82) is 0 Å². The number of piperidine rings is 1. The number of hydrogen-bond acceptors (Lipinski definition) is 5. The van der Waals surface area contributed by atoms with Gasteiger partial charge in [-0.05, 0) is 63.8 Å². The van der Waals surface area contributed by atoms with Crippen LogP contribution in [0.1, 0.15) is 55.8 Å². The van der Waals surface area contributed by atoms with Gasteiger partial charge in [0.1, 0.15) is 10.6 Å². The van der Waals surface area contributed by atoms with Gasteiger partial charge in [0.05, 0.1) is 7.11 Å². The Kier molecular flexibility index (Phi) is 6.95. The van der Waals surface area contributed by atoms with E-state index in [0.29, 0.717) is 18.2 Å². The summed E-state index contributed by atoms with van der Waals surface area (Å²) in [6.45, 7) is 4.92. The van der Waals surface area contributed by atoms with E-state index >= 15 is 0 Å². The molecule has 2 fully saturated rings. The Morgan fingerprint density at radius 3 is 2.71 bits per heavy atom. The van der Waals surface area contributed by atoms with Gasteiger partial charge in [0.15, 0.2) is 0 Å². The van der Waals surface area contributed by atoms with E-state index in [2.05, 4.69) is 21.9 Å². The topological polar surface area (TPSA) is 87.7 Å². The lowest BCUT2D eigenvalue weighted by molar-refractivity contribution is 0.0948. The lowest BCUT2D eigenvalue weighted by Gasteiger charge is -2.33. The molecular formula is C20H31N3O4S. The molecule has 8 heteroatoms. The van der Waals surface area contributed by atoms with Crippen molar-refractivity contribution < 1.29 is 17.9 Å². The lowest BCUT2D eigenvalue weighted by atomic mass is 10.0. The van der Waals surface area contributed by atoms with E-state index in [-0.39, 0.29) is 22.6 Å². The number of nitrogens with one attached hydrogen (secondary N) is 2. The first-order valence-corrected chi connectivity index (χ1v) is 11.6. The highest BCUT2D eigenvalue weighted by molar-refractivity contribution is 7.89. The van der Waals surface area contributed by atoms with Crippen LogP contribution in [-0.4, -0.2) is 58.1 Å². The van der Waals surface area contributed by atoms with Crippen molar-refractivity contribution in [3.8, 4) is 5.75 Å². The van der Waals surface area contributed by atoms with Crippen LogP contribution in [0.5, 0.6) is 5.75 Å². The van der Waals surface area contributed by atoms with Gasteiger partial charge in [-0.3, -0.25) is 4.79 Å². The van der Waals surface area contributed by atoms with Crippen LogP contribution in [0.3, 0.4) is 0 Å². The Labute approximate surface area is 167 Å². The second-order valence-electron chi connectivity index (χ2n) is 7.75. The molecular weight excluding hydrogens is 378 g/mol. The molecule has 28 heavy (non-hydrogen) atoms. The van der Waals surface area contributed by atoms with Crippen LogP contribution in [0.15, 0.2) is 23.1 Å². The number of likely N-dealkylation sites (tertiary alicyclic amines) is 1. The van der Waals surface area contributed by atoms with Gasteiger partial charge < -0.3 is 15.0 Å². The second kappa shape index (κ2) is 9.24. The predicted molar refractivity (Wildman–Crippen MR) is 108 cm³/mol. The van der Waals surface area contributed by atoms with E-state index < -0.39 is 10.0 Å². The minimum Gasteiger partial charge on any atom is -0.495 e. The molecule has 156 valence electrons. The minimum atomic E-state index is -3.70. The summed E-state index contributed by atoms with van der Waals surface area (Å²) < 4.78 is 33.0. The highest BCUT2D eigenvalue weighted by Gasteiger charge is 2.30. The van der Waals surface area contributed by atoms with E-state index in [9.17, 15) is 13.2 Å². The molecule has 1 heterocycles. The van der Waals surface area contributed by atoms with E-state index in [1.165, 1.54) is 38.5 Å². The molecule has 1 aliphatic carbocycles. The first-order chi connectivity index (χ1) is 13.4. The number of methoxy groups -OCH3 is 1. The molecule has 1 aromatic carbocycles. The zero-order chi connectivity index (χ0) is 20.1. The maximum Gasteiger partial charge on any atom is 0.251 e. The summed E-state index contributed by atoms with van der Waals surface area (Å²) in [6, 6.07) is 5.12. The zero-order valence-electron chi connectivity index (χ0n) is 16.7. The Bertz CT molecular complexity index is 793. The van der Waals surface area contributed by atoms with Gasteiger partial charge in [-0.1, -0.05) is 6.42 Å². The Morgan fingerprint density at radius 1 is 1.25 bits per heavy atom. The standard InChI is InChI=1S/C20H31N3O4S/c1-15-6-3-4-12-23(15)13-5-11-21-20(24)16-7-10-18(27-2)19(14-16)28(25,26)22-17-8-9-17/h7,10,14-15,17,22H,3-6,8-9,11-13H2,1-2H3,(H,21,24)/t15-/m1/s1. The summed E-state index contributed by atoms with van der Waals surface area (Å²) in [5.74, 6) is -0.0268. The monoisotopic (exact) mass is 409 g/mol. The average Bonchev–Trinajstić information content (AvgIpc) is 3.49. The van der Waals surface area contributed by atoms with Crippen molar-refractivity contribution in [3.63, 3.8) is 0 Å². The molecule has 2 N–H and O–H groups in total. The molecule has 3 rings (SSSR count). The normalized spacial score (nSPS) is 20.7. The SMILES string of the molecule is COc1ccc(C(=O)NCCCN2CCCC[C@H]2C)cc1S(=O)(=O)NC1CC1. The van der Waals surface area contributed by atoms with Gasteiger partial charge in [-0.25, -0.2) is 13.1 Å². The maximum absolute atomic E-state index is 12.6. The van der Waals surface area contributed by atoms with Crippen LogP contribution >= 0.6 is 0 Å². The molecule has 0 radical (unpaired) electrons. The summed E-state index contributed by atoms with van der Waals surface area (Å²) in [5.41, 5.74) is 0.323. The number of sulfonamides is 1. The van der Waals surface area contributed by atoms with Gasteiger partial charge in [-0.2, -0.15) is 0 Å². The van der Waals surface area contributed by atoms with Crippen LogP contribution in [0.4, 0.5) is 0 Å². The van der Waals surface area contributed by atoms with Crippen molar-refractivity contribution in [2.75, 3.05) is 26.7 Å². The molecule has 2 aliphatic rings. The molecule has 1 amide bonds. The number of amides is 1. The molecule has 0 bridgehead atoms. The predicted octanol–water partition coefficient (Wildman–Crippen LogP) is 2.13. The molecule has 1 aliphatic heterocycles. The highest BCUT2D eigenvalue weighted by atomic mass is 32.2. The Morgan fingerprint density at radius 2 is 2.04 bits per heavy atom. The molecule has 1 aromatic rings. The van der Waals surface area contributed by atoms with Crippen molar-refractivity contribution in [2.24, 2.45) is 0 Å². The number of hydrogen-bond donors (Lipinski definition) is 2. The average molecular weight is 410 g/mol. The van der Waals surface area contributed by atoms with Crippen molar-refractivity contribution in [1.82, 2.24) is 14.9 Å². The molecule has 1 saturated carbocycles. The van der Waals surface area contributed by atoms with E-state index in [4.69, 9.17) is 4.74 Å². The number of carbonyl (C=O) groups is 1. The van der Waals surface area contributed by atoms with Crippen LogP contribution in [0, 0.1) is 0 Å². The summed E-state index contributed by atoms with van der Waals surface area (Å²) in [7, 11) is -2.28. The molecule has 1 saturated heterocycles. The third-order valence-corrected chi connectivity index (χ3v) is 7.00. The molecule has 0 spiro atoms. The first kappa shape index (κ1) is 21.1. The number of benzene rings is 1. The molecule has 7 nitrogen and oxygen atoms in total. The number of nitrogens with zero attached hydrogens (tertiary/aromatic N) is 1. The van der Waals surface area contributed by atoms with Crippen LogP contribution in [0.2, 0.25) is 0 Å². The third-order valence-electron chi connectivity index (χ3n) is 5.46. The Balaban J connectivity index is 1.58. The van der Waals surface area contributed by atoms with Crippen LogP contribution in [-0.2, 0) is 10.0 Å². The number of rotatable bonds is 9. The van der Waals surface area contributed by atoms with Crippen molar-refractivity contribution in [3.05, 3.63) is 23.8 Å². The van der Waals surface area contributed by atoms with Gasteiger partial charge in [-0.15, -0.1) is 0 Å². The fourth-order valence-electron chi connectivity index (χ4n) is 3.59. The summed E-state index contributed by atoms with van der Waals surface area (Å²) in [6.07, 6.45) is 6.35. The molecule has 0 aromatic heterocycles. The van der Waals surface area contributed by atoms with Gasteiger partial charge in [0, 0.05) is 30.7 Å². The first-order valence-electron chi connectivity index (χ1n) is 10.1. The minimum absolute atomic E-state index is 0.00984. The van der Waals surface area contributed by atoms with Gasteiger partial charge in [0.2, 0.25) is 10.0 Å². The highest BCUT2D eigenvalue weighted by Crippen LogP contribution is 2.28. The fraction of sp³-hybridized carbons (Fsp3) is 0.650. The number of carbonyl (C=O) groups excluding carboxylic acids is 1. The van der Waals surface area contributed by atoms with Gasteiger partial charge in [0.25, 0.3) is 5.91 Å². The quantitative estimate of drug-likeness (QED) is 0.610. The molecule has 1 atom stereocenters. The van der Waals surface area contributed by atoms with Crippen LogP contribution < -0.4 is 14.8 Å². The van der Waals surface area contributed by atoms with E-state index in [0.717, 1.165) is 32.4 Å². The Hall–Kier alpha value is -1.64. The largest absolute Gasteiger partial charge is 0.495 e. The van der Waals surface area contributed by atoms with Crippen molar-refractivity contribution >= 4 is 15.9 Å². The van der Waals surface area contributed by atoms with Crippen LogP contribution in [0.25, 0.3) is 0 Å². The van der Waals surface area contributed by atoms with Gasteiger partial charge >= 0.3 is 0 Å². The van der Waals surface area contributed by atoms with Crippen molar-refractivity contribution in [2.45, 2.75) is 62.4 Å². The summed E-state index contributed by atoms with van der Waals surface area (Å²) in [5, 5.41) is 2.90. The summed E-state index contributed by atoms with van der Waals surface area (Å²) in [4.78, 5) is 15.0. The maximum atomic E-state index is 12.6. The summed E-state index contributed by atoms with van der Waals surface area (Å²) >= 11 is 0. The fourth-order valence-corrected chi connectivity index (χ4v) is 5.09. The van der Waals surface area contributed by atoms with E-state index in [1.807, 2.05) is 0 Å².